The van der Waals surface area contributed by atoms with E-state index in [4.69, 9.17) is 11.6 Å². The zero-order valence-corrected chi connectivity index (χ0v) is 15.0. The lowest BCUT2D eigenvalue weighted by atomic mass is 9.49. The van der Waals surface area contributed by atoms with Crippen LogP contribution in [-0.4, -0.2) is 11.7 Å². The van der Waals surface area contributed by atoms with E-state index in [-0.39, 0.29) is 18.6 Å². The molecule has 1 spiro atoms. The van der Waals surface area contributed by atoms with Crippen LogP contribution in [0.1, 0.15) is 29.9 Å². The van der Waals surface area contributed by atoms with Crippen molar-refractivity contribution in [3.8, 4) is 12.1 Å². The largest absolute Gasteiger partial charge is 0.325 e. The normalized spacial score (nSPS) is 25.4. The molecule has 2 aromatic carbocycles. The number of rotatable bonds is 1. The van der Waals surface area contributed by atoms with Gasteiger partial charge in [0.2, 0.25) is 5.91 Å². The molecule has 27 heavy (non-hydrogen) atoms. The average molecular weight is 376 g/mol. The molecule has 6 heteroatoms. The fraction of sp³-hybridized carbons (Fsp3) is 0.238. The third kappa shape index (κ3) is 2.10. The lowest BCUT2D eigenvalue weighted by Gasteiger charge is -2.46. The van der Waals surface area contributed by atoms with Crippen molar-refractivity contribution in [2.75, 3.05) is 5.32 Å². The van der Waals surface area contributed by atoms with Crippen LogP contribution in [0.15, 0.2) is 48.5 Å². The first-order valence-corrected chi connectivity index (χ1v) is 8.87. The summed E-state index contributed by atoms with van der Waals surface area (Å²) in [4.78, 5) is 25.9. The van der Waals surface area contributed by atoms with E-state index in [1.165, 1.54) is 0 Å². The summed E-state index contributed by atoms with van der Waals surface area (Å²) < 4.78 is 0. The van der Waals surface area contributed by atoms with Gasteiger partial charge in [-0.2, -0.15) is 10.5 Å². The minimum atomic E-state index is -1.76. The summed E-state index contributed by atoms with van der Waals surface area (Å²) in [6.45, 7) is 0. The Balaban J connectivity index is 2.05. The highest BCUT2D eigenvalue weighted by Crippen LogP contribution is 2.61. The number of hydrogen-bond acceptors (Lipinski definition) is 4. The van der Waals surface area contributed by atoms with Crippen molar-refractivity contribution in [1.29, 1.82) is 10.5 Å². The molecule has 1 heterocycles. The van der Waals surface area contributed by atoms with Crippen molar-refractivity contribution in [2.45, 2.75) is 24.2 Å². The minimum absolute atomic E-state index is 0.0119. The quantitative estimate of drug-likeness (QED) is 0.822. The molecule has 0 bridgehead atoms. The van der Waals surface area contributed by atoms with Gasteiger partial charge in [-0.05, 0) is 23.3 Å². The molecule has 2 aromatic rings. The number of halogens is 1. The van der Waals surface area contributed by atoms with Gasteiger partial charge in [-0.1, -0.05) is 48.0 Å². The van der Waals surface area contributed by atoms with Crippen molar-refractivity contribution < 1.29 is 9.59 Å². The van der Waals surface area contributed by atoms with Gasteiger partial charge in [-0.3, -0.25) is 9.59 Å². The van der Waals surface area contributed by atoms with E-state index >= 15 is 0 Å². The maximum atomic E-state index is 13.2. The first kappa shape index (κ1) is 17.3. The van der Waals surface area contributed by atoms with Gasteiger partial charge in [0.05, 0.1) is 12.1 Å². The molecule has 1 aliphatic heterocycles. The number of ketones is 1. The van der Waals surface area contributed by atoms with Crippen LogP contribution in [0, 0.1) is 28.1 Å². The third-order valence-corrected chi connectivity index (χ3v) is 6.09. The smallest absolute Gasteiger partial charge is 0.238 e. The van der Waals surface area contributed by atoms with Crippen LogP contribution in [0.4, 0.5) is 5.69 Å². The Morgan fingerprint density at radius 1 is 1.04 bits per heavy atom. The number of nitriles is 2. The molecule has 5 nitrogen and oxygen atoms in total. The number of carbonyl (C=O) groups is 2. The Morgan fingerprint density at radius 3 is 2.41 bits per heavy atom. The van der Waals surface area contributed by atoms with E-state index in [9.17, 15) is 20.1 Å². The molecule has 2 atom stereocenters. The second kappa shape index (κ2) is 5.94. The molecule has 132 valence electrons. The Hall–Kier alpha value is -3.15. The van der Waals surface area contributed by atoms with Gasteiger partial charge in [0.25, 0.3) is 0 Å². The summed E-state index contributed by atoms with van der Waals surface area (Å²) in [5.74, 6) is -1.47. The predicted molar refractivity (Wildman–Crippen MR) is 98.8 cm³/mol. The van der Waals surface area contributed by atoms with E-state index in [2.05, 4.69) is 17.5 Å². The molecule has 0 aromatic heterocycles. The van der Waals surface area contributed by atoms with Crippen molar-refractivity contribution in [3.63, 3.8) is 0 Å². The number of hydrogen-bond donors (Lipinski definition) is 1. The van der Waals surface area contributed by atoms with Crippen LogP contribution in [0.5, 0.6) is 0 Å². The predicted octanol–water partition coefficient (Wildman–Crippen LogP) is 3.71. The summed E-state index contributed by atoms with van der Waals surface area (Å²) in [6, 6.07) is 18.0. The van der Waals surface area contributed by atoms with Crippen molar-refractivity contribution in [1.82, 2.24) is 0 Å². The second-order valence-electron chi connectivity index (χ2n) is 6.93. The lowest BCUT2D eigenvalue weighted by Crippen LogP contribution is -2.56. The summed E-state index contributed by atoms with van der Waals surface area (Å²) in [7, 11) is 0. The number of amides is 1. The van der Waals surface area contributed by atoms with E-state index in [1.807, 2.05) is 0 Å². The van der Waals surface area contributed by atoms with Crippen molar-refractivity contribution in [3.05, 3.63) is 64.7 Å². The number of Topliss-reactive ketones (excluding diaryl/α,β-unsaturated/α-hetero) is 1. The summed E-state index contributed by atoms with van der Waals surface area (Å²) in [5.41, 5.74) is -1.74. The number of carbonyl (C=O) groups excluding carboxylic acids is 2. The highest BCUT2D eigenvalue weighted by Gasteiger charge is 2.69. The molecule has 0 unspecified atom stereocenters. The van der Waals surface area contributed by atoms with E-state index < -0.39 is 22.7 Å². The SMILES string of the molecule is N#CC1(C#N)[C@@H](c2ccccc2Cl)CC(=O)C[C@@]12C(=O)Nc1ccccc12. The standard InChI is InChI=1S/C21H14ClN3O2/c22-17-7-3-1-5-14(17)16-9-13(26)10-21(20(16,11-23)12-24)15-6-2-4-8-18(15)25-19(21)27/h1-8,16H,9-10H2,(H,25,27)/t16-,21-/m1/s1. The van der Waals surface area contributed by atoms with E-state index in [0.717, 1.165) is 0 Å². The maximum absolute atomic E-state index is 13.2. The zero-order valence-electron chi connectivity index (χ0n) is 14.2. The fourth-order valence-corrected chi connectivity index (χ4v) is 4.81. The molecule has 1 saturated carbocycles. The summed E-state index contributed by atoms with van der Waals surface area (Å²) in [5, 5.41) is 23.6. The first-order valence-electron chi connectivity index (χ1n) is 8.50. The second-order valence-corrected chi connectivity index (χ2v) is 7.34. The van der Waals surface area contributed by atoms with Crippen LogP contribution in [0.25, 0.3) is 0 Å². The number of anilines is 1. The first-order chi connectivity index (χ1) is 13.0. The minimum Gasteiger partial charge on any atom is -0.325 e. The van der Waals surface area contributed by atoms with Gasteiger partial charge in [0.1, 0.15) is 11.2 Å². The highest BCUT2D eigenvalue weighted by atomic mass is 35.5. The van der Waals surface area contributed by atoms with E-state index in [1.54, 1.807) is 48.5 Å². The molecule has 0 radical (unpaired) electrons. The Bertz CT molecular complexity index is 1050. The van der Waals surface area contributed by atoms with Crippen LogP contribution >= 0.6 is 11.6 Å². The molecule has 1 amide bonds. The van der Waals surface area contributed by atoms with Gasteiger partial charge in [-0.25, -0.2) is 0 Å². The molecule has 1 aliphatic carbocycles. The molecular weight excluding hydrogens is 362 g/mol. The number of para-hydroxylation sites is 1. The summed E-state index contributed by atoms with van der Waals surface area (Å²) >= 11 is 6.35. The Kier molecular flexibility index (Phi) is 3.80. The van der Waals surface area contributed by atoms with Gasteiger partial charge in [0.15, 0.2) is 5.41 Å². The molecule has 2 aliphatic rings. The Labute approximate surface area is 161 Å². The van der Waals surface area contributed by atoms with Crippen molar-refractivity contribution in [2.24, 2.45) is 5.41 Å². The Morgan fingerprint density at radius 2 is 1.70 bits per heavy atom. The van der Waals surface area contributed by atoms with Crippen LogP contribution in [0.2, 0.25) is 5.02 Å². The van der Waals surface area contributed by atoms with Gasteiger partial charge in [-0.15, -0.1) is 0 Å². The molecule has 4 rings (SSSR count). The van der Waals surface area contributed by atoms with Crippen molar-refractivity contribution >= 4 is 29.0 Å². The monoisotopic (exact) mass is 375 g/mol. The van der Waals surface area contributed by atoms with Gasteiger partial charge in [0, 0.05) is 29.5 Å². The molecule has 1 fully saturated rings. The summed E-state index contributed by atoms with van der Waals surface area (Å²) in [6.07, 6.45) is -0.194. The average Bonchev–Trinajstić information content (AvgIpc) is 2.95. The topological polar surface area (TPSA) is 93.8 Å². The highest BCUT2D eigenvalue weighted by molar-refractivity contribution is 6.31. The molecular formula is C21H14ClN3O2. The number of benzene rings is 2. The zero-order chi connectivity index (χ0) is 19.2. The maximum Gasteiger partial charge on any atom is 0.238 e. The van der Waals surface area contributed by atoms with E-state index in [0.29, 0.717) is 21.8 Å². The number of fused-ring (bicyclic) bond motifs is 2. The third-order valence-electron chi connectivity index (χ3n) is 5.75. The van der Waals surface area contributed by atoms with Gasteiger partial charge >= 0.3 is 0 Å². The van der Waals surface area contributed by atoms with Gasteiger partial charge < -0.3 is 5.32 Å². The lowest BCUT2D eigenvalue weighted by molar-refractivity contribution is -0.134. The van der Waals surface area contributed by atoms with Crippen LogP contribution in [0.3, 0.4) is 0 Å². The number of nitrogens with zero attached hydrogens (tertiary/aromatic N) is 2. The fourth-order valence-electron chi connectivity index (χ4n) is 4.54. The van der Waals surface area contributed by atoms with Crippen LogP contribution < -0.4 is 5.32 Å². The molecule has 0 saturated heterocycles. The molecule has 1 N–H and O–H groups in total. The van der Waals surface area contributed by atoms with Crippen LogP contribution in [-0.2, 0) is 15.0 Å². The number of nitrogens with one attached hydrogen (secondary N) is 1.